The van der Waals surface area contributed by atoms with E-state index < -0.39 is 10.0 Å². The molecule has 0 aliphatic rings. The highest BCUT2D eigenvalue weighted by atomic mass is 32.2. The molecule has 0 unspecified atom stereocenters. The Morgan fingerprint density at radius 1 is 1.00 bits per heavy atom. The Balaban J connectivity index is 1.76. The number of amides is 1. The summed E-state index contributed by atoms with van der Waals surface area (Å²) in [6.07, 6.45) is 0. The Bertz CT molecular complexity index is 1030. The number of hydrogen-bond acceptors (Lipinski definition) is 6. The maximum absolute atomic E-state index is 12.6. The van der Waals surface area contributed by atoms with E-state index in [4.69, 9.17) is 0 Å². The summed E-state index contributed by atoms with van der Waals surface area (Å²) in [5.41, 5.74) is 3.80. The molecule has 1 amide bonds. The summed E-state index contributed by atoms with van der Waals surface area (Å²) >= 11 is 1.25. The van der Waals surface area contributed by atoms with E-state index in [1.807, 2.05) is 26.0 Å². The fourth-order valence-electron chi connectivity index (χ4n) is 2.74. The van der Waals surface area contributed by atoms with Gasteiger partial charge in [0.05, 0.1) is 4.90 Å². The number of aromatic nitrogens is 2. The Morgan fingerprint density at radius 2 is 1.57 bits per heavy atom. The molecule has 0 saturated carbocycles. The van der Waals surface area contributed by atoms with Gasteiger partial charge < -0.3 is 0 Å². The first-order valence-electron chi connectivity index (χ1n) is 8.74. The quantitative estimate of drug-likeness (QED) is 0.636. The Hall–Kier alpha value is -2.62. The van der Waals surface area contributed by atoms with Crippen LogP contribution >= 0.6 is 11.3 Å². The lowest BCUT2D eigenvalue weighted by Gasteiger charge is -2.18. The molecule has 28 heavy (non-hydrogen) atoms. The van der Waals surface area contributed by atoms with Gasteiger partial charge in [0, 0.05) is 18.7 Å². The van der Waals surface area contributed by atoms with E-state index in [0.29, 0.717) is 23.8 Å². The molecular formula is C19H20N4O3S2. The molecule has 2 aromatic carbocycles. The second-order valence-corrected chi connectivity index (χ2v) is 8.66. The summed E-state index contributed by atoms with van der Waals surface area (Å²) < 4.78 is 26.6. The Kier molecular flexibility index (Phi) is 6.18. The molecule has 7 nitrogen and oxygen atoms in total. The van der Waals surface area contributed by atoms with Gasteiger partial charge in [-0.2, -0.15) is 4.31 Å². The van der Waals surface area contributed by atoms with Crippen molar-refractivity contribution in [2.24, 2.45) is 0 Å². The first-order valence-corrected chi connectivity index (χ1v) is 11.1. The largest absolute Gasteiger partial charge is 0.296 e. The van der Waals surface area contributed by atoms with Crippen molar-refractivity contribution in [1.82, 2.24) is 14.5 Å². The first kappa shape index (κ1) is 20.1. The van der Waals surface area contributed by atoms with Crippen LogP contribution in [-0.4, -0.2) is 41.9 Å². The van der Waals surface area contributed by atoms with Gasteiger partial charge >= 0.3 is 0 Å². The highest BCUT2D eigenvalue weighted by molar-refractivity contribution is 7.89. The van der Waals surface area contributed by atoms with Crippen molar-refractivity contribution in [3.63, 3.8) is 0 Å². The molecule has 0 saturated heterocycles. The molecule has 3 aromatic rings. The standard InChI is InChI=1S/C19H20N4O3S2/c1-3-23(4-2)28(25,26)17-11-9-15(10-12-17)14-5-7-16(8-6-14)18(24)21-19-22-20-13-27-19/h5-13H,3-4H2,1-2H3,(H,21,22,24). The lowest BCUT2D eigenvalue weighted by atomic mass is 10.0. The highest BCUT2D eigenvalue weighted by Crippen LogP contribution is 2.24. The molecule has 3 rings (SSSR count). The molecule has 1 N–H and O–H groups in total. The van der Waals surface area contributed by atoms with Gasteiger partial charge in [-0.25, -0.2) is 8.42 Å². The van der Waals surface area contributed by atoms with Gasteiger partial charge in [-0.1, -0.05) is 49.4 Å². The smallest absolute Gasteiger partial charge is 0.257 e. The summed E-state index contributed by atoms with van der Waals surface area (Å²) in [5.74, 6) is -0.260. The Morgan fingerprint density at radius 3 is 2.07 bits per heavy atom. The SMILES string of the molecule is CCN(CC)S(=O)(=O)c1ccc(-c2ccc(C(=O)Nc3nncs3)cc2)cc1. The summed E-state index contributed by atoms with van der Waals surface area (Å²) in [6.45, 7) is 4.50. The molecule has 9 heteroatoms. The van der Waals surface area contributed by atoms with Crippen LogP contribution in [0.3, 0.4) is 0 Å². The van der Waals surface area contributed by atoms with E-state index in [1.165, 1.54) is 15.6 Å². The molecule has 0 aliphatic carbocycles. The van der Waals surface area contributed by atoms with Crippen LogP contribution in [0.15, 0.2) is 58.9 Å². The van der Waals surface area contributed by atoms with E-state index in [-0.39, 0.29) is 10.8 Å². The summed E-state index contributed by atoms with van der Waals surface area (Å²) in [6, 6.07) is 13.8. The average Bonchev–Trinajstić information content (AvgIpc) is 3.22. The fraction of sp³-hybridized carbons (Fsp3) is 0.211. The van der Waals surface area contributed by atoms with Crippen LogP contribution in [-0.2, 0) is 10.0 Å². The van der Waals surface area contributed by atoms with Gasteiger partial charge in [0.25, 0.3) is 5.91 Å². The molecule has 0 bridgehead atoms. The van der Waals surface area contributed by atoms with Crippen molar-refractivity contribution in [1.29, 1.82) is 0 Å². The van der Waals surface area contributed by atoms with Crippen LogP contribution in [0.2, 0.25) is 0 Å². The number of carbonyl (C=O) groups excluding carboxylic acids is 1. The normalized spacial score (nSPS) is 11.5. The predicted octanol–water partition coefficient (Wildman–Crippen LogP) is 3.49. The van der Waals surface area contributed by atoms with Gasteiger partial charge in [-0.15, -0.1) is 10.2 Å². The fourth-order valence-corrected chi connectivity index (χ4v) is 4.64. The predicted molar refractivity (Wildman–Crippen MR) is 110 cm³/mol. The lowest BCUT2D eigenvalue weighted by Crippen LogP contribution is -2.30. The van der Waals surface area contributed by atoms with E-state index in [0.717, 1.165) is 11.1 Å². The molecule has 0 fully saturated rings. The zero-order valence-corrected chi connectivity index (χ0v) is 17.1. The summed E-state index contributed by atoms with van der Waals surface area (Å²) in [4.78, 5) is 12.5. The van der Waals surface area contributed by atoms with E-state index >= 15 is 0 Å². The lowest BCUT2D eigenvalue weighted by molar-refractivity contribution is 0.102. The number of benzene rings is 2. The van der Waals surface area contributed by atoms with Crippen LogP contribution in [0.1, 0.15) is 24.2 Å². The number of nitrogens with zero attached hydrogens (tertiary/aromatic N) is 3. The second kappa shape index (κ2) is 8.59. The van der Waals surface area contributed by atoms with Crippen molar-refractivity contribution in [2.45, 2.75) is 18.7 Å². The van der Waals surface area contributed by atoms with Gasteiger partial charge in [-0.3, -0.25) is 10.1 Å². The number of rotatable bonds is 7. The highest BCUT2D eigenvalue weighted by Gasteiger charge is 2.21. The van der Waals surface area contributed by atoms with E-state index in [1.54, 1.807) is 41.9 Å². The second-order valence-electron chi connectivity index (χ2n) is 5.89. The third kappa shape index (κ3) is 4.27. The van der Waals surface area contributed by atoms with Gasteiger partial charge in [0.1, 0.15) is 5.51 Å². The third-order valence-electron chi connectivity index (χ3n) is 4.26. The van der Waals surface area contributed by atoms with Crippen LogP contribution in [0.5, 0.6) is 0 Å². The number of hydrogen-bond donors (Lipinski definition) is 1. The van der Waals surface area contributed by atoms with Crippen molar-refractivity contribution < 1.29 is 13.2 Å². The minimum Gasteiger partial charge on any atom is -0.296 e. The van der Waals surface area contributed by atoms with Crippen LogP contribution in [0.25, 0.3) is 11.1 Å². The van der Waals surface area contributed by atoms with Crippen molar-refractivity contribution in [3.8, 4) is 11.1 Å². The van der Waals surface area contributed by atoms with Crippen LogP contribution < -0.4 is 5.32 Å². The molecule has 146 valence electrons. The van der Waals surface area contributed by atoms with E-state index in [2.05, 4.69) is 15.5 Å². The Labute approximate surface area is 168 Å². The molecule has 0 atom stereocenters. The third-order valence-corrected chi connectivity index (χ3v) is 6.93. The monoisotopic (exact) mass is 416 g/mol. The summed E-state index contributed by atoms with van der Waals surface area (Å²) in [5, 5.41) is 10.6. The first-order chi connectivity index (χ1) is 13.5. The molecule has 0 radical (unpaired) electrons. The maximum atomic E-state index is 12.6. The molecule has 1 heterocycles. The molecule has 0 spiro atoms. The minimum atomic E-state index is -3.47. The number of nitrogens with one attached hydrogen (secondary N) is 1. The molecule has 1 aromatic heterocycles. The average molecular weight is 417 g/mol. The van der Waals surface area contributed by atoms with Gasteiger partial charge in [0.15, 0.2) is 0 Å². The van der Waals surface area contributed by atoms with Crippen molar-refractivity contribution >= 4 is 32.4 Å². The number of sulfonamides is 1. The van der Waals surface area contributed by atoms with Gasteiger partial charge in [-0.05, 0) is 35.4 Å². The molecular weight excluding hydrogens is 396 g/mol. The van der Waals surface area contributed by atoms with Crippen LogP contribution in [0.4, 0.5) is 5.13 Å². The molecule has 0 aliphatic heterocycles. The zero-order valence-electron chi connectivity index (χ0n) is 15.5. The van der Waals surface area contributed by atoms with E-state index in [9.17, 15) is 13.2 Å². The minimum absolute atomic E-state index is 0.260. The number of anilines is 1. The maximum Gasteiger partial charge on any atom is 0.257 e. The van der Waals surface area contributed by atoms with Gasteiger partial charge in [0.2, 0.25) is 15.2 Å². The van der Waals surface area contributed by atoms with Crippen molar-refractivity contribution in [3.05, 3.63) is 59.6 Å². The topological polar surface area (TPSA) is 92.3 Å². The van der Waals surface area contributed by atoms with Crippen molar-refractivity contribution in [2.75, 3.05) is 18.4 Å². The zero-order chi connectivity index (χ0) is 20.1. The van der Waals surface area contributed by atoms with Crippen LogP contribution in [0, 0.1) is 0 Å². The number of carbonyl (C=O) groups is 1. The summed E-state index contributed by atoms with van der Waals surface area (Å²) in [7, 11) is -3.47.